The molecule has 0 heterocycles. The zero-order chi connectivity index (χ0) is 24.1. The van der Waals surface area contributed by atoms with Gasteiger partial charge in [0.05, 0.1) is 0 Å². The number of aliphatic hydroxyl groups excluding tert-OH is 5. The van der Waals surface area contributed by atoms with Crippen LogP contribution in [-0.4, -0.2) is 58.6 Å². The van der Waals surface area contributed by atoms with E-state index in [-0.39, 0.29) is 22.4 Å². The van der Waals surface area contributed by atoms with E-state index in [2.05, 4.69) is 34.6 Å². The molecule has 1 radical (unpaired) electrons. The first-order valence-electron chi connectivity index (χ1n) is 12.6. The molecule has 0 saturated carbocycles. The van der Waals surface area contributed by atoms with Gasteiger partial charge in [-0.05, 0) is 32.1 Å². The summed E-state index contributed by atoms with van der Waals surface area (Å²) < 4.78 is 0. The third-order valence-corrected chi connectivity index (χ3v) is 3.81. The molecule has 0 atom stereocenters. The minimum Gasteiger partial charge on any atom is -0.396 e. The molecule has 0 aliphatic heterocycles. The van der Waals surface area contributed by atoms with Gasteiger partial charge in [0.25, 0.3) is 0 Å². The standard InChI is InChI=1S/5C5H12O.Ta/c5*1-2-3-4-5-6;/h5*6H,2-5H2,1H3;. The van der Waals surface area contributed by atoms with Crippen molar-refractivity contribution in [2.45, 2.75) is 131 Å². The number of hydrogen-bond acceptors (Lipinski definition) is 5. The third-order valence-electron chi connectivity index (χ3n) is 3.81. The summed E-state index contributed by atoms with van der Waals surface area (Å²) in [6.45, 7) is 12.4. The van der Waals surface area contributed by atoms with Gasteiger partial charge in [0.2, 0.25) is 0 Å². The van der Waals surface area contributed by atoms with Crippen molar-refractivity contribution in [1.82, 2.24) is 0 Å². The van der Waals surface area contributed by atoms with Crippen molar-refractivity contribution in [3.8, 4) is 0 Å². The molecule has 0 aromatic heterocycles. The molecule has 0 aromatic carbocycles. The van der Waals surface area contributed by atoms with Gasteiger partial charge in [-0.2, -0.15) is 0 Å². The Kier molecular flexibility index (Phi) is 91.9. The van der Waals surface area contributed by atoms with E-state index in [4.69, 9.17) is 25.5 Å². The Labute approximate surface area is 211 Å². The predicted octanol–water partition coefficient (Wildman–Crippen LogP) is 5.84. The zero-order valence-electron chi connectivity index (χ0n) is 21.8. The Morgan fingerprint density at radius 3 is 0.452 bits per heavy atom. The summed E-state index contributed by atoms with van der Waals surface area (Å²) in [7, 11) is 0. The molecule has 0 rings (SSSR count). The van der Waals surface area contributed by atoms with Crippen LogP contribution in [0.2, 0.25) is 0 Å². The average Bonchev–Trinajstić information content (AvgIpc) is 2.78. The van der Waals surface area contributed by atoms with Crippen molar-refractivity contribution in [2.24, 2.45) is 0 Å². The fraction of sp³-hybridized carbons (Fsp3) is 1.00. The van der Waals surface area contributed by atoms with Crippen molar-refractivity contribution in [1.29, 1.82) is 0 Å². The summed E-state index contributed by atoms with van der Waals surface area (Å²) in [4.78, 5) is 0. The second-order valence-electron chi connectivity index (χ2n) is 7.15. The molecule has 0 aliphatic rings. The van der Waals surface area contributed by atoms with Crippen LogP contribution in [0.1, 0.15) is 131 Å². The average molecular weight is 622 g/mol. The number of unbranched alkanes of at least 4 members (excludes halogenated alkanes) is 10. The van der Waals surface area contributed by atoms with E-state index in [0.29, 0.717) is 33.0 Å². The van der Waals surface area contributed by atoms with Crippen molar-refractivity contribution >= 4 is 0 Å². The van der Waals surface area contributed by atoms with Crippen LogP contribution in [0.3, 0.4) is 0 Å². The van der Waals surface area contributed by atoms with Crippen LogP contribution in [0.5, 0.6) is 0 Å². The zero-order valence-corrected chi connectivity index (χ0v) is 25.0. The molecule has 0 saturated heterocycles. The van der Waals surface area contributed by atoms with Crippen LogP contribution in [0.4, 0.5) is 0 Å². The molecule has 0 aliphatic carbocycles. The van der Waals surface area contributed by atoms with E-state index in [0.717, 1.165) is 64.2 Å². The van der Waals surface area contributed by atoms with Gasteiger partial charge in [0.15, 0.2) is 0 Å². The van der Waals surface area contributed by atoms with Crippen molar-refractivity contribution in [3.63, 3.8) is 0 Å². The summed E-state index contributed by atoms with van der Waals surface area (Å²) in [5, 5.41) is 41.0. The number of hydrogen-bond donors (Lipinski definition) is 5. The van der Waals surface area contributed by atoms with Gasteiger partial charge in [-0.25, -0.2) is 0 Å². The number of aliphatic hydroxyl groups is 5. The molecule has 0 amide bonds. The van der Waals surface area contributed by atoms with E-state index in [1.165, 1.54) is 32.1 Å². The minimum atomic E-state index is 0. The van der Waals surface area contributed by atoms with Crippen molar-refractivity contribution in [3.05, 3.63) is 0 Å². The molecule has 6 heteroatoms. The fourth-order valence-corrected chi connectivity index (χ4v) is 1.81. The molecular formula is C25H60O5Ta. The van der Waals surface area contributed by atoms with E-state index >= 15 is 0 Å². The maximum atomic E-state index is 8.20. The molecule has 5 nitrogen and oxygen atoms in total. The Hall–Kier alpha value is 0.540. The Morgan fingerprint density at radius 1 is 0.290 bits per heavy atom. The quantitative estimate of drug-likeness (QED) is 0.148. The monoisotopic (exact) mass is 621 g/mol. The van der Waals surface area contributed by atoms with Gasteiger partial charge >= 0.3 is 0 Å². The Bertz CT molecular complexity index is 132. The van der Waals surface area contributed by atoms with Gasteiger partial charge in [-0.3, -0.25) is 0 Å². The second-order valence-corrected chi connectivity index (χ2v) is 7.15. The van der Waals surface area contributed by atoms with Gasteiger partial charge in [0, 0.05) is 55.4 Å². The minimum absolute atomic E-state index is 0. The van der Waals surface area contributed by atoms with Crippen LogP contribution >= 0.6 is 0 Å². The van der Waals surface area contributed by atoms with Crippen LogP contribution < -0.4 is 0 Å². The van der Waals surface area contributed by atoms with E-state index in [9.17, 15) is 0 Å². The fourth-order valence-electron chi connectivity index (χ4n) is 1.81. The van der Waals surface area contributed by atoms with Crippen molar-refractivity contribution < 1.29 is 47.9 Å². The maximum Gasteiger partial charge on any atom is 0.0431 e. The van der Waals surface area contributed by atoms with E-state index in [1.54, 1.807) is 0 Å². The molecule has 31 heavy (non-hydrogen) atoms. The number of rotatable bonds is 15. The topological polar surface area (TPSA) is 101 Å². The maximum absolute atomic E-state index is 8.20. The first-order valence-corrected chi connectivity index (χ1v) is 12.6. The predicted molar refractivity (Wildman–Crippen MR) is 133 cm³/mol. The van der Waals surface area contributed by atoms with E-state index < -0.39 is 0 Å². The third kappa shape index (κ3) is 103. The summed E-state index contributed by atoms with van der Waals surface area (Å²) in [5.74, 6) is 0. The van der Waals surface area contributed by atoms with E-state index in [1.807, 2.05) is 0 Å². The summed E-state index contributed by atoms with van der Waals surface area (Å²) >= 11 is 0. The Balaban J connectivity index is -0.0000000625. The van der Waals surface area contributed by atoms with Gasteiger partial charge in [-0.15, -0.1) is 0 Å². The normalized spacial score (nSPS) is 8.71. The van der Waals surface area contributed by atoms with Gasteiger partial charge in [0.1, 0.15) is 0 Å². The Morgan fingerprint density at radius 2 is 0.419 bits per heavy atom. The molecule has 0 fully saturated rings. The van der Waals surface area contributed by atoms with Gasteiger partial charge in [-0.1, -0.05) is 98.8 Å². The van der Waals surface area contributed by atoms with Crippen LogP contribution in [0, 0.1) is 0 Å². The van der Waals surface area contributed by atoms with Crippen LogP contribution in [-0.2, 0) is 22.4 Å². The van der Waals surface area contributed by atoms with Crippen molar-refractivity contribution in [2.75, 3.05) is 33.0 Å². The summed E-state index contributed by atoms with van der Waals surface area (Å²) in [6, 6.07) is 0. The summed E-state index contributed by atoms with van der Waals surface area (Å²) in [6.07, 6.45) is 16.6. The molecule has 0 bridgehead atoms. The summed E-state index contributed by atoms with van der Waals surface area (Å²) in [5.41, 5.74) is 0. The van der Waals surface area contributed by atoms with Crippen LogP contribution in [0.25, 0.3) is 0 Å². The van der Waals surface area contributed by atoms with Gasteiger partial charge < -0.3 is 25.5 Å². The SMILES string of the molecule is CCCCCO.CCCCCO.CCCCCO.CCCCCO.CCCCCO.[Ta]. The molecule has 5 N–H and O–H groups in total. The molecular weight excluding hydrogens is 561 g/mol. The second kappa shape index (κ2) is 63.2. The van der Waals surface area contributed by atoms with Crippen LogP contribution in [0.15, 0.2) is 0 Å². The molecule has 0 aromatic rings. The molecule has 195 valence electrons. The molecule has 0 spiro atoms. The first kappa shape index (κ1) is 45.1. The first-order chi connectivity index (χ1) is 14.6. The largest absolute Gasteiger partial charge is 0.396 e. The smallest absolute Gasteiger partial charge is 0.0431 e. The molecule has 0 unspecified atom stereocenters.